The Hall–Kier alpha value is -4.96. The topological polar surface area (TPSA) is 3.24 Å². The van der Waals surface area contributed by atoms with Crippen molar-refractivity contribution in [2.45, 2.75) is 0 Å². The van der Waals surface area contributed by atoms with E-state index in [0.29, 0.717) is 0 Å². The van der Waals surface area contributed by atoms with Gasteiger partial charge in [0.25, 0.3) is 0 Å². The lowest BCUT2D eigenvalue weighted by Gasteiger charge is -2.29. The van der Waals surface area contributed by atoms with Gasteiger partial charge in [0.05, 0.1) is 11.4 Å². The molecule has 9 rings (SSSR count). The van der Waals surface area contributed by atoms with Gasteiger partial charge in [0.2, 0.25) is 0 Å². The minimum absolute atomic E-state index is 1.15. The summed E-state index contributed by atoms with van der Waals surface area (Å²) in [5.41, 5.74) is 5.94. The zero-order valence-electron chi connectivity index (χ0n) is 23.2. The van der Waals surface area contributed by atoms with Crippen LogP contribution in [-0.2, 0) is 0 Å². The molecule has 0 saturated heterocycles. The molecule has 0 unspecified atom stereocenters. The van der Waals surface area contributed by atoms with Gasteiger partial charge in [-0.15, -0.1) is 22.7 Å². The van der Waals surface area contributed by atoms with Crippen LogP contribution in [-0.4, -0.2) is 0 Å². The van der Waals surface area contributed by atoms with Crippen molar-refractivity contribution in [2.24, 2.45) is 0 Å². The largest absolute Gasteiger partial charge is 0.309 e. The SMILES string of the molecule is c1ccc(N(c2ccc3ccccc3c2)c2cccc3sc4ccccc4c23)c(-c2ccc3sc4ccccc4c3c2)c1. The molecule has 0 spiro atoms. The van der Waals surface area contributed by atoms with Crippen LogP contribution < -0.4 is 4.90 Å². The average Bonchev–Trinajstić information content (AvgIpc) is 3.63. The van der Waals surface area contributed by atoms with Crippen molar-refractivity contribution >= 4 is 90.9 Å². The highest BCUT2D eigenvalue weighted by Gasteiger charge is 2.21. The summed E-state index contributed by atoms with van der Waals surface area (Å²) >= 11 is 3.73. The molecule has 0 amide bonds. The second-order valence-electron chi connectivity index (χ2n) is 10.9. The van der Waals surface area contributed by atoms with Gasteiger partial charge in [-0.3, -0.25) is 0 Å². The van der Waals surface area contributed by atoms with Gasteiger partial charge in [-0.2, -0.15) is 0 Å². The first kappa shape index (κ1) is 24.6. The maximum atomic E-state index is 2.47. The molecule has 43 heavy (non-hydrogen) atoms. The highest BCUT2D eigenvalue weighted by Crippen LogP contribution is 2.48. The van der Waals surface area contributed by atoms with E-state index < -0.39 is 0 Å². The molecule has 2 aromatic heterocycles. The van der Waals surface area contributed by atoms with Gasteiger partial charge in [-0.25, -0.2) is 0 Å². The zero-order valence-corrected chi connectivity index (χ0v) is 24.8. The van der Waals surface area contributed by atoms with Crippen LogP contribution in [0.2, 0.25) is 0 Å². The molecular formula is C40H25NS2. The summed E-state index contributed by atoms with van der Waals surface area (Å²) in [5, 5.41) is 7.71. The number of thiophene rings is 2. The Morgan fingerprint density at radius 1 is 0.395 bits per heavy atom. The molecule has 0 fully saturated rings. The maximum Gasteiger partial charge on any atom is 0.0555 e. The second-order valence-corrected chi connectivity index (χ2v) is 13.1. The van der Waals surface area contributed by atoms with Crippen LogP contribution in [0.3, 0.4) is 0 Å². The fourth-order valence-corrected chi connectivity index (χ4v) is 8.69. The molecule has 0 radical (unpaired) electrons. The minimum atomic E-state index is 1.15. The fraction of sp³-hybridized carbons (Fsp3) is 0. The van der Waals surface area contributed by atoms with Crippen LogP contribution in [0.15, 0.2) is 152 Å². The van der Waals surface area contributed by atoms with Gasteiger partial charge in [-0.1, -0.05) is 97.1 Å². The summed E-state index contributed by atoms with van der Waals surface area (Å²) < 4.78 is 5.26. The third kappa shape index (κ3) is 3.97. The van der Waals surface area contributed by atoms with E-state index in [4.69, 9.17) is 0 Å². The summed E-state index contributed by atoms with van der Waals surface area (Å²) in [6, 6.07) is 55.5. The number of benzene rings is 7. The fourth-order valence-electron chi connectivity index (χ4n) is 6.47. The first-order valence-electron chi connectivity index (χ1n) is 14.5. The molecule has 3 heteroatoms. The van der Waals surface area contributed by atoms with Crippen LogP contribution in [0, 0.1) is 0 Å². The Morgan fingerprint density at radius 2 is 1.05 bits per heavy atom. The van der Waals surface area contributed by atoms with E-state index in [-0.39, 0.29) is 0 Å². The van der Waals surface area contributed by atoms with E-state index in [1.54, 1.807) is 0 Å². The Morgan fingerprint density at radius 3 is 1.95 bits per heavy atom. The summed E-state index contributed by atoms with van der Waals surface area (Å²) in [5.74, 6) is 0. The third-order valence-electron chi connectivity index (χ3n) is 8.45. The van der Waals surface area contributed by atoms with Gasteiger partial charge >= 0.3 is 0 Å². The summed E-state index contributed by atoms with van der Waals surface area (Å²) in [7, 11) is 0. The van der Waals surface area contributed by atoms with Crippen molar-refractivity contribution in [3.05, 3.63) is 152 Å². The summed E-state index contributed by atoms with van der Waals surface area (Å²) in [4.78, 5) is 2.47. The van der Waals surface area contributed by atoms with Crippen LogP contribution in [0.25, 0.3) is 62.2 Å². The molecule has 0 atom stereocenters. The summed E-state index contributed by atoms with van der Waals surface area (Å²) in [6.45, 7) is 0. The Bertz CT molecular complexity index is 2480. The predicted molar refractivity (Wildman–Crippen MR) is 190 cm³/mol. The average molecular weight is 584 g/mol. The molecule has 0 N–H and O–H groups in total. The van der Waals surface area contributed by atoms with Crippen molar-refractivity contribution in [1.29, 1.82) is 0 Å². The number of para-hydroxylation sites is 1. The van der Waals surface area contributed by atoms with E-state index in [1.807, 2.05) is 22.7 Å². The van der Waals surface area contributed by atoms with E-state index in [0.717, 1.165) is 5.69 Å². The first-order valence-corrected chi connectivity index (χ1v) is 16.1. The number of hydrogen-bond donors (Lipinski definition) is 0. The minimum Gasteiger partial charge on any atom is -0.309 e. The highest BCUT2D eigenvalue weighted by atomic mass is 32.1. The highest BCUT2D eigenvalue weighted by molar-refractivity contribution is 7.26. The van der Waals surface area contributed by atoms with Crippen molar-refractivity contribution in [3.63, 3.8) is 0 Å². The molecule has 0 aliphatic rings. The van der Waals surface area contributed by atoms with E-state index in [9.17, 15) is 0 Å². The zero-order chi connectivity index (χ0) is 28.3. The molecule has 7 aromatic carbocycles. The number of fused-ring (bicyclic) bond motifs is 7. The van der Waals surface area contributed by atoms with Crippen LogP contribution >= 0.6 is 22.7 Å². The monoisotopic (exact) mass is 583 g/mol. The molecule has 0 saturated carbocycles. The standard InChI is InChI=1S/C40H25NS2/c1-2-11-27-24-29(22-20-26(27)10-1)41(35-16-9-19-39-40(35)32-14-5-8-18-37(32)43-39)34-15-6-3-12-30(34)28-21-23-38-33(25-28)31-13-4-7-17-36(31)42-38/h1-25H. The molecule has 202 valence electrons. The quantitative estimate of drug-likeness (QED) is 0.199. The number of anilines is 3. The molecule has 0 bridgehead atoms. The lowest BCUT2D eigenvalue weighted by Crippen LogP contribution is -2.11. The van der Waals surface area contributed by atoms with E-state index in [2.05, 4.69) is 157 Å². The smallest absolute Gasteiger partial charge is 0.0555 e. The molecule has 1 nitrogen and oxygen atoms in total. The first-order chi connectivity index (χ1) is 21.3. The normalized spacial score (nSPS) is 11.7. The second kappa shape index (κ2) is 9.81. The van der Waals surface area contributed by atoms with E-state index in [1.165, 1.54) is 73.6 Å². The van der Waals surface area contributed by atoms with Gasteiger partial charge in [0.15, 0.2) is 0 Å². The summed E-state index contributed by atoms with van der Waals surface area (Å²) in [6.07, 6.45) is 0. The van der Waals surface area contributed by atoms with Gasteiger partial charge in [-0.05, 0) is 70.9 Å². The van der Waals surface area contributed by atoms with Gasteiger partial charge < -0.3 is 4.90 Å². The van der Waals surface area contributed by atoms with Crippen LogP contribution in [0.4, 0.5) is 17.1 Å². The number of rotatable bonds is 4. The Kier molecular flexibility index (Phi) is 5.62. The number of hydrogen-bond acceptors (Lipinski definition) is 3. The third-order valence-corrected chi connectivity index (χ3v) is 10.7. The lowest BCUT2D eigenvalue weighted by atomic mass is 9.99. The van der Waals surface area contributed by atoms with Gasteiger partial charge in [0.1, 0.15) is 0 Å². The van der Waals surface area contributed by atoms with Crippen LogP contribution in [0.5, 0.6) is 0 Å². The van der Waals surface area contributed by atoms with Gasteiger partial charge in [0, 0.05) is 51.6 Å². The maximum absolute atomic E-state index is 2.47. The molecule has 0 aliphatic heterocycles. The molecular weight excluding hydrogens is 559 g/mol. The molecule has 9 aromatic rings. The molecule has 2 heterocycles. The van der Waals surface area contributed by atoms with Crippen molar-refractivity contribution < 1.29 is 0 Å². The van der Waals surface area contributed by atoms with Crippen molar-refractivity contribution in [1.82, 2.24) is 0 Å². The number of nitrogens with zero attached hydrogens (tertiary/aromatic N) is 1. The van der Waals surface area contributed by atoms with Crippen LogP contribution in [0.1, 0.15) is 0 Å². The lowest BCUT2D eigenvalue weighted by molar-refractivity contribution is 1.31. The van der Waals surface area contributed by atoms with Crippen molar-refractivity contribution in [3.8, 4) is 11.1 Å². The predicted octanol–water partition coefficient (Wildman–Crippen LogP) is 12.7. The Labute approximate surface area is 257 Å². The van der Waals surface area contributed by atoms with Crippen molar-refractivity contribution in [2.75, 3.05) is 4.90 Å². The molecule has 0 aliphatic carbocycles. The Balaban J connectivity index is 1.34. The van der Waals surface area contributed by atoms with E-state index >= 15 is 0 Å².